The van der Waals surface area contributed by atoms with Gasteiger partial charge in [0.05, 0.1) is 12.0 Å². The van der Waals surface area contributed by atoms with E-state index in [0.717, 1.165) is 25.7 Å². The molecule has 2 aliphatic rings. The van der Waals surface area contributed by atoms with E-state index in [2.05, 4.69) is 26.9 Å². The van der Waals surface area contributed by atoms with Crippen LogP contribution in [0.5, 0.6) is 0 Å². The molecule has 0 unspecified atom stereocenters. The number of nitrogens with zero attached hydrogens (tertiary/aromatic N) is 3. The molecule has 150 valence electrons. The molecule has 4 rings (SSSR count). The van der Waals surface area contributed by atoms with E-state index in [0.29, 0.717) is 37.6 Å². The predicted octanol–water partition coefficient (Wildman–Crippen LogP) is 2.81. The summed E-state index contributed by atoms with van der Waals surface area (Å²) in [5, 5.41) is 8.65. The first-order chi connectivity index (χ1) is 13.6. The van der Waals surface area contributed by atoms with Crippen LogP contribution in [0.4, 0.5) is 0 Å². The predicted molar refractivity (Wildman–Crippen MR) is 105 cm³/mol. The molecular formula is C20H26N4O3S. The number of carbonyl (C=O) groups is 2. The summed E-state index contributed by atoms with van der Waals surface area (Å²) in [4.78, 5) is 33.1. The van der Waals surface area contributed by atoms with Crippen molar-refractivity contribution in [1.29, 1.82) is 0 Å². The zero-order chi connectivity index (χ0) is 19.6. The standard InChI is InChI=1S/C20H26N4O3S/c1-14-22-17(27-23-14)13-21-18(25)15-6-10-24(11-7-15)19(26)20(8-2-3-9-20)16-5-4-12-28-16/h4-5,12,15H,2-3,6-11,13H2,1H3,(H,21,25). The fraction of sp³-hybridized carbons (Fsp3) is 0.600. The van der Waals surface area contributed by atoms with Crippen LogP contribution in [-0.4, -0.2) is 39.9 Å². The number of aromatic nitrogens is 2. The van der Waals surface area contributed by atoms with Crippen LogP contribution in [0.15, 0.2) is 22.0 Å². The van der Waals surface area contributed by atoms with Gasteiger partial charge in [0.2, 0.25) is 17.7 Å². The van der Waals surface area contributed by atoms with Crippen molar-refractivity contribution < 1.29 is 14.1 Å². The summed E-state index contributed by atoms with van der Waals surface area (Å²) in [5.41, 5.74) is -0.334. The van der Waals surface area contributed by atoms with E-state index >= 15 is 0 Å². The van der Waals surface area contributed by atoms with Gasteiger partial charge in [0, 0.05) is 23.9 Å². The van der Waals surface area contributed by atoms with Gasteiger partial charge in [-0.05, 0) is 44.1 Å². The van der Waals surface area contributed by atoms with E-state index in [1.165, 1.54) is 4.88 Å². The zero-order valence-electron chi connectivity index (χ0n) is 16.1. The minimum Gasteiger partial charge on any atom is -0.347 e. The fourth-order valence-electron chi connectivity index (χ4n) is 4.46. The Morgan fingerprint density at radius 1 is 1.32 bits per heavy atom. The first-order valence-corrected chi connectivity index (χ1v) is 10.9. The van der Waals surface area contributed by atoms with Crippen LogP contribution in [0.3, 0.4) is 0 Å². The third kappa shape index (κ3) is 3.70. The Hall–Kier alpha value is -2.22. The molecule has 7 nitrogen and oxygen atoms in total. The highest BCUT2D eigenvalue weighted by Gasteiger charge is 2.46. The number of hydrogen-bond acceptors (Lipinski definition) is 6. The molecule has 2 aromatic heterocycles. The second-order valence-corrected chi connectivity index (χ2v) is 8.73. The molecule has 0 spiro atoms. The molecule has 28 heavy (non-hydrogen) atoms. The lowest BCUT2D eigenvalue weighted by molar-refractivity contribution is -0.140. The minimum absolute atomic E-state index is 0.00297. The van der Waals surface area contributed by atoms with Crippen LogP contribution in [0.1, 0.15) is 55.1 Å². The van der Waals surface area contributed by atoms with Crippen molar-refractivity contribution in [2.24, 2.45) is 5.92 Å². The van der Waals surface area contributed by atoms with Gasteiger partial charge in [0.1, 0.15) is 0 Å². The highest BCUT2D eigenvalue weighted by atomic mass is 32.1. The van der Waals surface area contributed by atoms with Crippen molar-refractivity contribution >= 4 is 23.2 Å². The number of hydrogen-bond donors (Lipinski definition) is 1. The van der Waals surface area contributed by atoms with Crippen molar-refractivity contribution in [2.45, 2.75) is 57.4 Å². The maximum absolute atomic E-state index is 13.4. The molecule has 1 saturated carbocycles. The van der Waals surface area contributed by atoms with E-state index in [9.17, 15) is 9.59 Å². The quantitative estimate of drug-likeness (QED) is 0.831. The Morgan fingerprint density at radius 3 is 2.68 bits per heavy atom. The van der Waals surface area contributed by atoms with Crippen molar-refractivity contribution in [1.82, 2.24) is 20.4 Å². The summed E-state index contributed by atoms with van der Waals surface area (Å²) < 4.78 is 5.03. The van der Waals surface area contributed by atoms with Crippen LogP contribution < -0.4 is 5.32 Å². The second-order valence-electron chi connectivity index (χ2n) is 7.79. The molecule has 8 heteroatoms. The van der Waals surface area contributed by atoms with Crippen LogP contribution >= 0.6 is 11.3 Å². The molecule has 1 aliphatic heterocycles. The number of thiophene rings is 1. The number of nitrogens with one attached hydrogen (secondary N) is 1. The summed E-state index contributed by atoms with van der Waals surface area (Å²) in [6, 6.07) is 4.14. The lowest BCUT2D eigenvalue weighted by Gasteiger charge is -2.37. The molecule has 3 heterocycles. The van der Waals surface area contributed by atoms with Gasteiger partial charge in [-0.15, -0.1) is 11.3 Å². The number of amides is 2. The molecule has 2 amide bonds. The van der Waals surface area contributed by atoms with E-state index in [4.69, 9.17) is 4.52 Å². The first-order valence-electron chi connectivity index (χ1n) is 9.99. The minimum atomic E-state index is -0.334. The van der Waals surface area contributed by atoms with Gasteiger partial charge in [0.15, 0.2) is 5.82 Å². The van der Waals surface area contributed by atoms with E-state index in [1.807, 2.05) is 11.0 Å². The average molecular weight is 403 g/mol. The number of rotatable bonds is 5. The third-order valence-corrected chi connectivity index (χ3v) is 7.07. The Kier molecular flexibility index (Phi) is 5.48. The smallest absolute Gasteiger partial charge is 0.246 e. The molecule has 0 aromatic carbocycles. The maximum atomic E-state index is 13.4. The summed E-state index contributed by atoms with van der Waals surface area (Å²) in [6.45, 7) is 3.28. The summed E-state index contributed by atoms with van der Waals surface area (Å²) in [6.07, 6.45) is 5.49. The third-order valence-electron chi connectivity index (χ3n) is 6.00. The van der Waals surface area contributed by atoms with E-state index in [1.54, 1.807) is 18.3 Å². The molecule has 1 aliphatic carbocycles. The van der Waals surface area contributed by atoms with Crippen molar-refractivity contribution in [3.63, 3.8) is 0 Å². The Morgan fingerprint density at radius 2 is 2.07 bits per heavy atom. The van der Waals surface area contributed by atoms with Crippen molar-refractivity contribution in [2.75, 3.05) is 13.1 Å². The molecule has 2 fully saturated rings. The highest BCUT2D eigenvalue weighted by molar-refractivity contribution is 7.10. The summed E-state index contributed by atoms with van der Waals surface area (Å²) in [5.74, 6) is 1.15. The molecule has 0 radical (unpaired) electrons. The lowest BCUT2D eigenvalue weighted by Crippen LogP contribution is -2.49. The maximum Gasteiger partial charge on any atom is 0.246 e. The number of carbonyl (C=O) groups excluding carboxylic acids is 2. The topological polar surface area (TPSA) is 88.3 Å². The number of aryl methyl sites for hydroxylation is 1. The van der Waals surface area contributed by atoms with Crippen LogP contribution in [-0.2, 0) is 21.5 Å². The van der Waals surface area contributed by atoms with E-state index in [-0.39, 0.29) is 29.7 Å². The monoisotopic (exact) mass is 402 g/mol. The molecule has 0 atom stereocenters. The van der Waals surface area contributed by atoms with Gasteiger partial charge in [-0.1, -0.05) is 24.1 Å². The molecule has 1 saturated heterocycles. The Bertz CT molecular complexity index is 818. The molecular weight excluding hydrogens is 376 g/mol. The zero-order valence-corrected chi connectivity index (χ0v) is 17.0. The first kappa shape index (κ1) is 19.1. The van der Waals surface area contributed by atoms with Crippen LogP contribution in [0.25, 0.3) is 0 Å². The Labute approximate surface area is 168 Å². The van der Waals surface area contributed by atoms with Gasteiger partial charge in [-0.25, -0.2) is 0 Å². The van der Waals surface area contributed by atoms with Gasteiger partial charge >= 0.3 is 0 Å². The van der Waals surface area contributed by atoms with Gasteiger partial charge in [-0.2, -0.15) is 4.98 Å². The lowest BCUT2D eigenvalue weighted by atomic mass is 9.82. The second kappa shape index (κ2) is 8.03. The summed E-state index contributed by atoms with van der Waals surface area (Å²) in [7, 11) is 0. The van der Waals surface area contributed by atoms with Crippen LogP contribution in [0, 0.1) is 12.8 Å². The highest BCUT2D eigenvalue weighted by Crippen LogP contribution is 2.45. The van der Waals surface area contributed by atoms with Gasteiger partial charge in [-0.3, -0.25) is 9.59 Å². The van der Waals surface area contributed by atoms with Crippen LogP contribution in [0.2, 0.25) is 0 Å². The van der Waals surface area contributed by atoms with Crippen molar-refractivity contribution in [3.05, 3.63) is 34.1 Å². The Balaban J connectivity index is 1.33. The molecule has 2 aromatic rings. The largest absolute Gasteiger partial charge is 0.347 e. The average Bonchev–Trinajstić information content (AvgIpc) is 3.47. The summed E-state index contributed by atoms with van der Waals surface area (Å²) >= 11 is 1.69. The van der Waals surface area contributed by atoms with Crippen molar-refractivity contribution in [3.8, 4) is 0 Å². The normalized spacial score (nSPS) is 19.7. The molecule has 1 N–H and O–H groups in total. The fourth-order valence-corrected chi connectivity index (χ4v) is 5.44. The molecule has 0 bridgehead atoms. The number of likely N-dealkylation sites (tertiary alicyclic amines) is 1. The van der Waals surface area contributed by atoms with Gasteiger partial charge in [0.25, 0.3) is 0 Å². The van der Waals surface area contributed by atoms with Gasteiger partial charge < -0.3 is 14.7 Å². The SMILES string of the molecule is Cc1noc(CNC(=O)C2CCN(C(=O)C3(c4cccs4)CCCC3)CC2)n1. The number of piperidine rings is 1. The van der Waals surface area contributed by atoms with E-state index < -0.39 is 0 Å².